The van der Waals surface area contributed by atoms with Gasteiger partial charge in [0, 0.05) is 13.1 Å². The van der Waals surface area contributed by atoms with Crippen molar-refractivity contribution < 1.29 is 31.0 Å². The van der Waals surface area contributed by atoms with E-state index in [-0.39, 0.29) is 17.0 Å². The van der Waals surface area contributed by atoms with E-state index in [1.807, 2.05) is 0 Å². The van der Waals surface area contributed by atoms with Crippen molar-refractivity contribution in [3.63, 3.8) is 0 Å². The fourth-order valence-corrected chi connectivity index (χ4v) is 4.43. The molecule has 0 aliphatic heterocycles. The first-order valence-corrected chi connectivity index (χ1v) is 14.0. The molecule has 0 saturated carbocycles. The van der Waals surface area contributed by atoms with Crippen LogP contribution in [-0.2, 0) is 4.79 Å². The minimum absolute atomic E-state index is 0. The van der Waals surface area contributed by atoms with Gasteiger partial charge in [-0.15, -0.1) is 0 Å². The van der Waals surface area contributed by atoms with Crippen molar-refractivity contribution >= 4 is 5.91 Å². The fraction of sp³-hybridized carbons (Fsp3) is 0.767. The lowest BCUT2D eigenvalue weighted by atomic mass is 10.0. The van der Waals surface area contributed by atoms with Crippen molar-refractivity contribution in [1.82, 2.24) is 4.90 Å². The Labute approximate surface area is 228 Å². The molecule has 204 valence electrons. The van der Waals surface area contributed by atoms with Crippen LogP contribution in [0.4, 0.5) is 0 Å². The summed E-state index contributed by atoms with van der Waals surface area (Å²) in [4.78, 5) is 15.3. The van der Waals surface area contributed by atoms with Crippen LogP contribution in [0.2, 0.25) is 0 Å². The van der Waals surface area contributed by atoms with Crippen molar-refractivity contribution in [3.8, 4) is 5.75 Å². The van der Waals surface area contributed by atoms with Gasteiger partial charge in [0.05, 0.1) is 27.2 Å². The number of rotatable bonds is 19. The second kappa shape index (κ2) is 19.1. The molecule has 0 fully saturated rings. The number of likely N-dealkylation sites (N-methyl/N-ethyl adjacent to an activating group) is 1. The fourth-order valence-electron chi connectivity index (χ4n) is 4.43. The van der Waals surface area contributed by atoms with Gasteiger partial charge < -0.3 is 31.1 Å². The van der Waals surface area contributed by atoms with Crippen LogP contribution in [0, 0.1) is 6.92 Å². The number of hydrogen-bond donors (Lipinski definition) is 0. The van der Waals surface area contributed by atoms with E-state index in [0.717, 1.165) is 62.2 Å². The molecule has 0 atom stereocenters. The van der Waals surface area contributed by atoms with Crippen molar-refractivity contribution in [2.45, 2.75) is 105 Å². The maximum absolute atomic E-state index is 13.2. The molecular formula is C30H55BrN2O2. The van der Waals surface area contributed by atoms with Gasteiger partial charge in [-0.3, -0.25) is 4.79 Å². The smallest absolute Gasteiger partial charge is 0.277 e. The van der Waals surface area contributed by atoms with Gasteiger partial charge in [-0.1, -0.05) is 78.4 Å². The molecule has 0 aliphatic rings. The molecule has 1 aromatic rings. The average Bonchev–Trinajstić information content (AvgIpc) is 2.77. The quantitative estimate of drug-likeness (QED) is 0.188. The number of amides is 1. The maximum Gasteiger partial charge on any atom is 0.277 e. The molecule has 0 heterocycles. The number of nitrogens with zero attached hydrogens (tertiary/aromatic N) is 2. The average molecular weight is 556 g/mol. The van der Waals surface area contributed by atoms with E-state index < -0.39 is 0 Å². The zero-order chi connectivity index (χ0) is 25.4. The van der Waals surface area contributed by atoms with Crippen LogP contribution in [0.15, 0.2) is 18.2 Å². The molecule has 5 heteroatoms. The summed E-state index contributed by atoms with van der Waals surface area (Å²) in [6.45, 7) is 15.2. The van der Waals surface area contributed by atoms with Crippen molar-refractivity contribution in [2.75, 3.05) is 46.9 Å². The third kappa shape index (κ3) is 14.9. The summed E-state index contributed by atoms with van der Waals surface area (Å²) in [5.74, 6) is 1.82. The predicted molar refractivity (Wildman–Crippen MR) is 147 cm³/mol. The molecule has 0 spiro atoms. The van der Waals surface area contributed by atoms with Gasteiger partial charge in [0.2, 0.25) is 0 Å². The number of aryl methyl sites for hydroxylation is 1. The van der Waals surface area contributed by atoms with Gasteiger partial charge >= 0.3 is 0 Å². The maximum atomic E-state index is 13.2. The minimum atomic E-state index is 0. The Bertz CT molecular complexity index is 679. The summed E-state index contributed by atoms with van der Waals surface area (Å²) in [7, 11) is 4.39. The van der Waals surface area contributed by atoms with E-state index in [1.54, 1.807) is 0 Å². The number of quaternary nitrogens is 1. The minimum Gasteiger partial charge on any atom is -1.00 e. The molecule has 0 unspecified atom stereocenters. The lowest BCUT2D eigenvalue weighted by Crippen LogP contribution is -3.00. The van der Waals surface area contributed by atoms with Crippen LogP contribution in [0.25, 0.3) is 0 Å². The molecule has 1 rings (SSSR count). The highest BCUT2D eigenvalue weighted by atomic mass is 79.9. The molecule has 0 saturated heterocycles. The summed E-state index contributed by atoms with van der Waals surface area (Å²) < 4.78 is 6.91. The molecule has 1 amide bonds. The van der Waals surface area contributed by atoms with Gasteiger partial charge in [0.1, 0.15) is 5.75 Å². The second-order valence-electron chi connectivity index (χ2n) is 11.1. The number of carbonyl (C=O) groups excluding carboxylic acids is 1. The summed E-state index contributed by atoms with van der Waals surface area (Å²) in [6.07, 6.45) is 11.8. The molecule has 1 aromatic carbocycles. The van der Waals surface area contributed by atoms with Gasteiger partial charge in [-0.2, -0.15) is 0 Å². The van der Waals surface area contributed by atoms with Gasteiger partial charge in [0.25, 0.3) is 5.91 Å². The van der Waals surface area contributed by atoms with Gasteiger partial charge in [0.15, 0.2) is 6.54 Å². The Balaban J connectivity index is 0.0000116. The molecule has 0 N–H and O–H groups in total. The highest BCUT2D eigenvalue weighted by Gasteiger charge is 2.24. The van der Waals surface area contributed by atoms with Crippen LogP contribution in [0.5, 0.6) is 5.75 Å². The standard InChI is InChI=1S/C30H55N2O2.BrH/c1-8-10-12-14-20-31(21-15-13-11-9-2)30(33)25-32(6,7)22-16-17-23-34-29-24-27(5)18-19-28(29)26(3)4;/h18-19,24,26H,8-17,20-23,25H2,1-7H3;1H/q+1;/p-1. The summed E-state index contributed by atoms with van der Waals surface area (Å²) in [6, 6.07) is 6.51. The monoisotopic (exact) mass is 554 g/mol. The predicted octanol–water partition coefficient (Wildman–Crippen LogP) is 4.35. The van der Waals surface area contributed by atoms with Crippen molar-refractivity contribution in [3.05, 3.63) is 29.3 Å². The number of carbonyl (C=O) groups is 1. The summed E-state index contributed by atoms with van der Waals surface area (Å²) >= 11 is 0. The van der Waals surface area contributed by atoms with Gasteiger partial charge in [-0.05, 0) is 55.7 Å². The molecule has 35 heavy (non-hydrogen) atoms. The Morgan fingerprint density at radius 2 is 1.51 bits per heavy atom. The summed E-state index contributed by atoms with van der Waals surface area (Å²) in [5, 5.41) is 0. The Hall–Kier alpha value is -1.07. The number of unbranched alkanes of at least 4 members (excludes halogenated alkanes) is 7. The second-order valence-corrected chi connectivity index (χ2v) is 11.1. The lowest BCUT2D eigenvalue weighted by molar-refractivity contribution is -0.883. The molecule has 0 aliphatic carbocycles. The zero-order valence-corrected chi connectivity index (χ0v) is 25.6. The molecule has 4 nitrogen and oxygen atoms in total. The number of ether oxygens (including phenoxy) is 1. The molecule has 0 bridgehead atoms. The number of benzene rings is 1. The first kappa shape index (κ1) is 33.9. The number of hydrogen-bond acceptors (Lipinski definition) is 2. The van der Waals surface area contributed by atoms with Crippen LogP contribution in [0.1, 0.15) is 109 Å². The first-order valence-electron chi connectivity index (χ1n) is 14.0. The third-order valence-electron chi connectivity index (χ3n) is 6.69. The highest BCUT2D eigenvalue weighted by Crippen LogP contribution is 2.27. The van der Waals surface area contributed by atoms with Gasteiger partial charge in [-0.25, -0.2) is 0 Å². The number of halogens is 1. The van der Waals surface area contributed by atoms with E-state index in [9.17, 15) is 4.79 Å². The van der Waals surface area contributed by atoms with Crippen LogP contribution < -0.4 is 21.7 Å². The normalized spacial score (nSPS) is 11.4. The van der Waals surface area contributed by atoms with E-state index in [2.05, 4.69) is 71.8 Å². The van der Waals surface area contributed by atoms with Crippen LogP contribution in [-0.4, -0.2) is 62.2 Å². The topological polar surface area (TPSA) is 29.5 Å². The summed E-state index contributed by atoms with van der Waals surface area (Å²) in [5.41, 5.74) is 2.52. The lowest BCUT2D eigenvalue weighted by Gasteiger charge is -2.32. The van der Waals surface area contributed by atoms with Crippen LogP contribution in [0.3, 0.4) is 0 Å². The zero-order valence-electron chi connectivity index (χ0n) is 24.0. The third-order valence-corrected chi connectivity index (χ3v) is 6.69. The van der Waals surface area contributed by atoms with E-state index >= 15 is 0 Å². The SMILES string of the molecule is CCCCCCN(CCCCCC)C(=O)C[N+](C)(C)CCCCOc1cc(C)ccc1C(C)C.[Br-]. The Kier molecular flexibility index (Phi) is 18.5. The molecular weight excluding hydrogens is 500 g/mol. The first-order chi connectivity index (χ1) is 16.2. The van der Waals surface area contributed by atoms with Crippen molar-refractivity contribution in [1.29, 1.82) is 0 Å². The highest BCUT2D eigenvalue weighted by molar-refractivity contribution is 5.77. The van der Waals surface area contributed by atoms with E-state index in [4.69, 9.17) is 4.74 Å². The molecule has 0 aromatic heterocycles. The molecule has 0 radical (unpaired) electrons. The van der Waals surface area contributed by atoms with E-state index in [0.29, 0.717) is 18.4 Å². The Morgan fingerprint density at radius 3 is 2.06 bits per heavy atom. The van der Waals surface area contributed by atoms with E-state index in [1.165, 1.54) is 49.7 Å². The van der Waals surface area contributed by atoms with Crippen molar-refractivity contribution in [2.24, 2.45) is 0 Å². The Morgan fingerprint density at radius 1 is 0.914 bits per heavy atom. The van der Waals surface area contributed by atoms with Crippen LogP contribution >= 0.6 is 0 Å². The largest absolute Gasteiger partial charge is 1.00 e.